The molecule has 0 aromatic heterocycles. The summed E-state index contributed by atoms with van der Waals surface area (Å²) in [6, 6.07) is 5.56. The summed E-state index contributed by atoms with van der Waals surface area (Å²) in [6.45, 7) is 2.41. The normalized spacial score (nSPS) is 16.9. The van der Waals surface area contributed by atoms with E-state index in [4.69, 9.17) is 9.47 Å². The minimum Gasteiger partial charge on any atom is -0.464 e. The highest BCUT2D eigenvalue weighted by Gasteiger charge is 2.36. The summed E-state index contributed by atoms with van der Waals surface area (Å²) in [4.78, 5) is 25.6. The molecule has 0 N–H and O–H groups in total. The van der Waals surface area contributed by atoms with Crippen LogP contribution in [0.3, 0.4) is 0 Å². The van der Waals surface area contributed by atoms with E-state index in [2.05, 4.69) is 28.1 Å². The minimum atomic E-state index is -0.626. The number of halogens is 1. The molecule has 0 saturated heterocycles. The van der Waals surface area contributed by atoms with Crippen molar-refractivity contribution in [3.63, 3.8) is 0 Å². The van der Waals surface area contributed by atoms with Crippen molar-refractivity contribution in [1.82, 2.24) is 4.90 Å². The molecule has 0 fully saturated rings. The standard InChI is InChI=1S/C16H20BrNO4/c1-3-22-15(19)14-9-13-8-11(6-7-17)4-5-12(13)10-18(14)16(20)21-2/h4-5,8,14H,3,6-7,9-10H2,1-2H3. The SMILES string of the molecule is CCOC(=O)C1Cc2cc(CCBr)ccc2CN1C(=O)OC. The first-order valence-corrected chi connectivity index (χ1v) is 8.40. The number of ether oxygens (including phenoxy) is 2. The Balaban J connectivity index is 2.30. The van der Waals surface area contributed by atoms with Gasteiger partial charge in [0, 0.05) is 11.8 Å². The van der Waals surface area contributed by atoms with Gasteiger partial charge in [-0.05, 0) is 30.0 Å². The molecule has 0 bridgehead atoms. The molecule has 1 unspecified atom stereocenters. The molecule has 1 aliphatic rings. The fourth-order valence-corrected chi connectivity index (χ4v) is 3.12. The molecule has 120 valence electrons. The molecular formula is C16H20BrNO4. The highest BCUT2D eigenvalue weighted by molar-refractivity contribution is 9.09. The van der Waals surface area contributed by atoms with Crippen molar-refractivity contribution in [2.75, 3.05) is 19.0 Å². The molecule has 1 amide bonds. The van der Waals surface area contributed by atoms with E-state index in [1.807, 2.05) is 6.07 Å². The Morgan fingerprint density at radius 2 is 2.14 bits per heavy atom. The molecule has 1 atom stereocenters. The Kier molecular flexibility index (Phi) is 5.83. The van der Waals surface area contributed by atoms with E-state index in [9.17, 15) is 9.59 Å². The van der Waals surface area contributed by atoms with E-state index in [0.29, 0.717) is 19.6 Å². The van der Waals surface area contributed by atoms with Gasteiger partial charge in [-0.2, -0.15) is 0 Å². The number of benzene rings is 1. The highest BCUT2D eigenvalue weighted by atomic mass is 79.9. The van der Waals surface area contributed by atoms with Crippen LogP contribution in [0.1, 0.15) is 23.6 Å². The predicted octanol–water partition coefficient (Wildman–Crippen LogP) is 2.68. The Morgan fingerprint density at radius 3 is 2.77 bits per heavy atom. The van der Waals surface area contributed by atoms with Crippen LogP contribution in [0.25, 0.3) is 0 Å². The maximum Gasteiger partial charge on any atom is 0.410 e. The van der Waals surface area contributed by atoms with Crippen LogP contribution in [-0.4, -0.2) is 42.1 Å². The van der Waals surface area contributed by atoms with Crippen molar-refractivity contribution in [2.45, 2.75) is 32.4 Å². The quantitative estimate of drug-likeness (QED) is 0.604. The van der Waals surface area contributed by atoms with Crippen molar-refractivity contribution < 1.29 is 19.1 Å². The monoisotopic (exact) mass is 369 g/mol. The second-order valence-corrected chi connectivity index (χ2v) is 5.90. The van der Waals surface area contributed by atoms with Gasteiger partial charge >= 0.3 is 12.1 Å². The van der Waals surface area contributed by atoms with E-state index < -0.39 is 12.1 Å². The van der Waals surface area contributed by atoms with Gasteiger partial charge in [0.15, 0.2) is 0 Å². The Hall–Kier alpha value is -1.56. The fourth-order valence-electron chi connectivity index (χ4n) is 2.66. The number of hydrogen-bond donors (Lipinski definition) is 0. The zero-order chi connectivity index (χ0) is 16.1. The number of methoxy groups -OCH3 is 1. The van der Waals surface area contributed by atoms with Gasteiger partial charge in [-0.25, -0.2) is 9.59 Å². The molecule has 0 spiro atoms. The molecule has 2 rings (SSSR count). The van der Waals surface area contributed by atoms with Gasteiger partial charge in [0.2, 0.25) is 0 Å². The molecule has 6 heteroatoms. The largest absolute Gasteiger partial charge is 0.464 e. The van der Waals surface area contributed by atoms with Crippen LogP contribution in [0.5, 0.6) is 0 Å². The summed E-state index contributed by atoms with van der Waals surface area (Å²) in [5, 5.41) is 0.890. The van der Waals surface area contributed by atoms with Crippen LogP contribution in [0, 0.1) is 0 Å². The Labute approximate surface area is 138 Å². The molecule has 22 heavy (non-hydrogen) atoms. The van der Waals surface area contributed by atoms with Crippen molar-refractivity contribution >= 4 is 28.0 Å². The third-order valence-electron chi connectivity index (χ3n) is 3.75. The van der Waals surface area contributed by atoms with Gasteiger partial charge in [0.1, 0.15) is 6.04 Å². The average Bonchev–Trinajstić information content (AvgIpc) is 2.53. The lowest BCUT2D eigenvalue weighted by Gasteiger charge is -2.34. The van der Waals surface area contributed by atoms with Crippen LogP contribution >= 0.6 is 15.9 Å². The first-order valence-electron chi connectivity index (χ1n) is 7.28. The van der Waals surface area contributed by atoms with Crippen molar-refractivity contribution in [3.05, 3.63) is 34.9 Å². The smallest absolute Gasteiger partial charge is 0.410 e. The van der Waals surface area contributed by atoms with Crippen LogP contribution in [0.4, 0.5) is 4.79 Å². The van der Waals surface area contributed by atoms with Crippen molar-refractivity contribution in [1.29, 1.82) is 0 Å². The van der Waals surface area contributed by atoms with E-state index in [0.717, 1.165) is 22.9 Å². The maximum atomic E-state index is 12.2. The summed E-state index contributed by atoms with van der Waals surface area (Å²) in [5.41, 5.74) is 3.35. The number of alkyl halides is 1. The molecule has 0 saturated carbocycles. The average molecular weight is 370 g/mol. The maximum absolute atomic E-state index is 12.2. The predicted molar refractivity (Wildman–Crippen MR) is 86.0 cm³/mol. The number of aryl methyl sites for hydroxylation is 1. The molecule has 1 aromatic rings. The van der Waals surface area contributed by atoms with E-state index in [-0.39, 0.29) is 5.97 Å². The number of esters is 1. The van der Waals surface area contributed by atoms with Crippen LogP contribution in [-0.2, 0) is 33.7 Å². The second kappa shape index (κ2) is 7.63. The van der Waals surface area contributed by atoms with Crippen molar-refractivity contribution in [3.8, 4) is 0 Å². The lowest BCUT2D eigenvalue weighted by atomic mass is 9.92. The Morgan fingerprint density at radius 1 is 1.36 bits per heavy atom. The number of carbonyl (C=O) groups is 2. The van der Waals surface area contributed by atoms with Gasteiger partial charge in [0.25, 0.3) is 0 Å². The molecule has 1 heterocycles. The number of fused-ring (bicyclic) bond motifs is 1. The molecule has 0 aliphatic carbocycles. The summed E-state index contributed by atoms with van der Waals surface area (Å²) in [7, 11) is 1.32. The van der Waals surface area contributed by atoms with Gasteiger partial charge in [-0.15, -0.1) is 0 Å². The number of hydrogen-bond acceptors (Lipinski definition) is 4. The summed E-state index contributed by atoms with van der Waals surface area (Å²) in [6.07, 6.45) is 0.880. The Bertz CT molecular complexity index is 561. The zero-order valence-corrected chi connectivity index (χ0v) is 14.4. The number of rotatable bonds is 4. The lowest BCUT2D eigenvalue weighted by Crippen LogP contribution is -2.49. The van der Waals surface area contributed by atoms with E-state index in [1.165, 1.54) is 17.6 Å². The third kappa shape index (κ3) is 3.61. The number of amides is 1. The van der Waals surface area contributed by atoms with Crippen LogP contribution < -0.4 is 0 Å². The van der Waals surface area contributed by atoms with E-state index >= 15 is 0 Å². The highest BCUT2D eigenvalue weighted by Crippen LogP contribution is 2.26. The van der Waals surface area contributed by atoms with E-state index in [1.54, 1.807) is 6.92 Å². The summed E-state index contributed by atoms with van der Waals surface area (Å²) < 4.78 is 9.90. The molecule has 1 aromatic carbocycles. The summed E-state index contributed by atoms with van der Waals surface area (Å²) >= 11 is 3.43. The lowest BCUT2D eigenvalue weighted by molar-refractivity contribution is -0.149. The van der Waals surface area contributed by atoms with Crippen LogP contribution in [0.2, 0.25) is 0 Å². The first kappa shape index (κ1) is 16.8. The van der Waals surface area contributed by atoms with Gasteiger partial charge in [-0.3, -0.25) is 4.90 Å². The topological polar surface area (TPSA) is 55.8 Å². The van der Waals surface area contributed by atoms with Gasteiger partial charge in [-0.1, -0.05) is 34.1 Å². The third-order valence-corrected chi connectivity index (χ3v) is 4.15. The fraction of sp³-hybridized carbons (Fsp3) is 0.500. The molecule has 0 radical (unpaired) electrons. The van der Waals surface area contributed by atoms with Gasteiger partial charge < -0.3 is 9.47 Å². The zero-order valence-electron chi connectivity index (χ0n) is 12.8. The van der Waals surface area contributed by atoms with Crippen molar-refractivity contribution in [2.24, 2.45) is 0 Å². The summed E-state index contributed by atoms with van der Waals surface area (Å²) in [5.74, 6) is -0.385. The number of carbonyl (C=O) groups excluding carboxylic acids is 2. The van der Waals surface area contributed by atoms with Gasteiger partial charge in [0.05, 0.1) is 20.3 Å². The molecule has 1 aliphatic heterocycles. The minimum absolute atomic E-state index is 0.292. The second-order valence-electron chi connectivity index (χ2n) is 5.11. The number of nitrogens with zero attached hydrogens (tertiary/aromatic N) is 1. The first-order chi connectivity index (χ1) is 10.6. The van der Waals surface area contributed by atoms with Crippen LogP contribution in [0.15, 0.2) is 18.2 Å². The molecular weight excluding hydrogens is 350 g/mol. The molecule has 5 nitrogen and oxygen atoms in total.